The zero-order valence-corrected chi connectivity index (χ0v) is 16.3. The van der Waals surface area contributed by atoms with Crippen molar-refractivity contribution < 1.29 is 19.1 Å². The number of aryl methyl sites for hydroxylation is 1. The van der Waals surface area contributed by atoms with Gasteiger partial charge in [-0.1, -0.05) is 18.2 Å². The molecule has 1 saturated heterocycles. The smallest absolute Gasteiger partial charge is 0.254 e. The molecule has 0 saturated carbocycles. The largest absolute Gasteiger partial charge is 0.497 e. The number of benzene rings is 2. The molecule has 1 aliphatic rings. The molecule has 2 aromatic carbocycles. The summed E-state index contributed by atoms with van der Waals surface area (Å²) in [6.07, 6.45) is 0.971. The van der Waals surface area contributed by atoms with E-state index in [9.17, 15) is 9.59 Å². The third kappa shape index (κ3) is 5.10. The third-order valence-electron chi connectivity index (χ3n) is 4.80. The lowest BCUT2D eigenvalue weighted by atomic mass is 10.1. The number of nitrogens with zero attached hydrogens (tertiary/aromatic N) is 1. The lowest BCUT2D eigenvalue weighted by Gasteiger charge is -2.33. The van der Waals surface area contributed by atoms with Crippen molar-refractivity contribution in [3.8, 4) is 5.75 Å². The van der Waals surface area contributed by atoms with Crippen LogP contribution in [-0.4, -0.2) is 49.6 Å². The molecule has 1 N–H and O–H groups in total. The Balaban J connectivity index is 1.59. The van der Waals surface area contributed by atoms with Gasteiger partial charge in [0.2, 0.25) is 5.91 Å². The SMILES string of the molecule is COc1cccc(CCC(=O)Nc2cccc(C(=O)N3CCOCC3C)c2)c1. The molecule has 1 heterocycles. The summed E-state index contributed by atoms with van der Waals surface area (Å²) in [6, 6.07) is 14.8. The Bertz CT molecular complexity index is 837. The van der Waals surface area contributed by atoms with Crippen LogP contribution in [-0.2, 0) is 16.0 Å². The highest BCUT2D eigenvalue weighted by Gasteiger charge is 2.24. The first kappa shape index (κ1) is 19.9. The molecular weight excluding hydrogens is 356 g/mol. The number of ether oxygens (including phenoxy) is 2. The maximum atomic E-state index is 12.8. The van der Waals surface area contributed by atoms with Crippen LogP contribution >= 0.6 is 0 Å². The van der Waals surface area contributed by atoms with E-state index in [1.54, 1.807) is 31.4 Å². The van der Waals surface area contributed by atoms with E-state index in [2.05, 4.69) is 5.32 Å². The second kappa shape index (κ2) is 9.37. The standard InChI is InChI=1S/C22H26N2O4/c1-16-15-28-12-11-24(16)22(26)18-6-4-7-19(14-18)23-21(25)10-9-17-5-3-8-20(13-17)27-2/h3-8,13-14,16H,9-12,15H2,1-2H3,(H,23,25). The monoisotopic (exact) mass is 382 g/mol. The van der Waals surface area contributed by atoms with Crippen LogP contribution in [0.15, 0.2) is 48.5 Å². The molecule has 148 valence electrons. The Labute approximate surface area is 165 Å². The number of morpholine rings is 1. The first-order valence-electron chi connectivity index (χ1n) is 9.48. The molecule has 2 amide bonds. The molecule has 6 nitrogen and oxygen atoms in total. The Morgan fingerprint density at radius 2 is 2.04 bits per heavy atom. The number of anilines is 1. The van der Waals surface area contributed by atoms with Gasteiger partial charge < -0.3 is 19.7 Å². The predicted molar refractivity (Wildman–Crippen MR) is 108 cm³/mol. The lowest BCUT2D eigenvalue weighted by Crippen LogP contribution is -2.47. The van der Waals surface area contributed by atoms with Gasteiger partial charge in [-0.25, -0.2) is 0 Å². The Kier molecular flexibility index (Phi) is 6.66. The summed E-state index contributed by atoms with van der Waals surface area (Å²) in [6.45, 7) is 3.65. The van der Waals surface area contributed by atoms with E-state index in [1.165, 1.54) is 0 Å². The molecular formula is C22H26N2O4. The van der Waals surface area contributed by atoms with E-state index < -0.39 is 0 Å². The van der Waals surface area contributed by atoms with Crippen molar-refractivity contribution in [2.24, 2.45) is 0 Å². The van der Waals surface area contributed by atoms with Gasteiger partial charge in [0.25, 0.3) is 5.91 Å². The topological polar surface area (TPSA) is 67.9 Å². The quantitative estimate of drug-likeness (QED) is 0.834. The van der Waals surface area contributed by atoms with Crippen LogP contribution in [0, 0.1) is 0 Å². The lowest BCUT2D eigenvalue weighted by molar-refractivity contribution is -0.116. The number of methoxy groups -OCH3 is 1. The van der Waals surface area contributed by atoms with Crippen LogP contribution in [0.2, 0.25) is 0 Å². The third-order valence-corrected chi connectivity index (χ3v) is 4.80. The average Bonchev–Trinajstić information content (AvgIpc) is 2.72. The summed E-state index contributed by atoms with van der Waals surface area (Å²) >= 11 is 0. The van der Waals surface area contributed by atoms with E-state index >= 15 is 0 Å². The van der Waals surface area contributed by atoms with E-state index in [-0.39, 0.29) is 17.9 Å². The summed E-state index contributed by atoms with van der Waals surface area (Å²) in [5.74, 6) is 0.650. The molecule has 1 unspecified atom stereocenters. The summed E-state index contributed by atoms with van der Waals surface area (Å²) in [5, 5.41) is 2.88. The van der Waals surface area contributed by atoms with Crippen LogP contribution in [0.4, 0.5) is 5.69 Å². The molecule has 1 aliphatic heterocycles. The second-order valence-electron chi connectivity index (χ2n) is 6.90. The Morgan fingerprint density at radius 3 is 2.82 bits per heavy atom. The van der Waals surface area contributed by atoms with E-state index in [1.807, 2.05) is 36.1 Å². The summed E-state index contributed by atoms with van der Waals surface area (Å²) < 4.78 is 10.6. The first-order valence-corrected chi connectivity index (χ1v) is 9.48. The van der Waals surface area contributed by atoms with Crippen LogP contribution in [0.5, 0.6) is 5.75 Å². The van der Waals surface area contributed by atoms with Gasteiger partial charge in [-0.15, -0.1) is 0 Å². The van der Waals surface area contributed by atoms with Gasteiger partial charge in [0, 0.05) is 24.2 Å². The van der Waals surface area contributed by atoms with Crippen LogP contribution in [0.3, 0.4) is 0 Å². The van der Waals surface area contributed by atoms with Crippen molar-refractivity contribution >= 4 is 17.5 Å². The minimum atomic E-state index is -0.0906. The normalized spacial score (nSPS) is 16.5. The van der Waals surface area contributed by atoms with Crippen molar-refractivity contribution in [2.75, 3.05) is 32.2 Å². The van der Waals surface area contributed by atoms with Gasteiger partial charge in [0.15, 0.2) is 0 Å². The van der Waals surface area contributed by atoms with E-state index in [0.29, 0.717) is 43.9 Å². The van der Waals surface area contributed by atoms with Crippen molar-refractivity contribution in [1.29, 1.82) is 0 Å². The van der Waals surface area contributed by atoms with Gasteiger partial charge in [-0.05, 0) is 49.2 Å². The molecule has 6 heteroatoms. The summed E-state index contributed by atoms with van der Waals surface area (Å²) in [4.78, 5) is 26.9. The molecule has 0 aliphatic carbocycles. The zero-order chi connectivity index (χ0) is 19.9. The highest BCUT2D eigenvalue weighted by molar-refractivity contribution is 5.97. The Morgan fingerprint density at radius 1 is 1.21 bits per heavy atom. The van der Waals surface area contributed by atoms with E-state index in [4.69, 9.17) is 9.47 Å². The Hall–Kier alpha value is -2.86. The van der Waals surface area contributed by atoms with Crippen molar-refractivity contribution in [3.05, 3.63) is 59.7 Å². The fourth-order valence-electron chi connectivity index (χ4n) is 3.23. The van der Waals surface area contributed by atoms with Crippen molar-refractivity contribution in [2.45, 2.75) is 25.8 Å². The number of rotatable bonds is 6. The van der Waals surface area contributed by atoms with Crippen LogP contribution in [0.1, 0.15) is 29.3 Å². The second-order valence-corrected chi connectivity index (χ2v) is 6.90. The fourth-order valence-corrected chi connectivity index (χ4v) is 3.23. The van der Waals surface area contributed by atoms with Gasteiger partial charge >= 0.3 is 0 Å². The molecule has 0 aromatic heterocycles. The summed E-state index contributed by atoms with van der Waals surface area (Å²) in [5.41, 5.74) is 2.24. The van der Waals surface area contributed by atoms with Crippen molar-refractivity contribution in [1.82, 2.24) is 4.90 Å². The van der Waals surface area contributed by atoms with Gasteiger partial charge in [0.1, 0.15) is 5.75 Å². The van der Waals surface area contributed by atoms with Crippen molar-refractivity contribution in [3.63, 3.8) is 0 Å². The first-order chi connectivity index (χ1) is 13.6. The van der Waals surface area contributed by atoms with Gasteiger partial charge in [0.05, 0.1) is 26.4 Å². The number of amides is 2. The highest BCUT2D eigenvalue weighted by Crippen LogP contribution is 2.17. The van der Waals surface area contributed by atoms with E-state index in [0.717, 1.165) is 11.3 Å². The number of carbonyl (C=O) groups excluding carboxylic acids is 2. The summed E-state index contributed by atoms with van der Waals surface area (Å²) in [7, 11) is 1.62. The number of hydrogen-bond donors (Lipinski definition) is 1. The zero-order valence-electron chi connectivity index (χ0n) is 16.3. The molecule has 2 aromatic rings. The van der Waals surface area contributed by atoms with Crippen LogP contribution < -0.4 is 10.1 Å². The number of hydrogen-bond acceptors (Lipinski definition) is 4. The maximum absolute atomic E-state index is 12.8. The number of carbonyl (C=O) groups is 2. The fraction of sp³-hybridized carbons (Fsp3) is 0.364. The van der Waals surface area contributed by atoms with Gasteiger partial charge in [-0.3, -0.25) is 9.59 Å². The minimum Gasteiger partial charge on any atom is -0.497 e. The molecule has 0 spiro atoms. The highest BCUT2D eigenvalue weighted by atomic mass is 16.5. The average molecular weight is 382 g/mol. The molecule has 1 fully saturated rings. The van der Waals surface area contributed by atoms with Gasteiger partial charge in [-0.2, -0.15) is 0 Å². The molecule has 28 heavy (non-hydrogen) atoms. The molecule has 3 rings (SSSR count). The molecule has 1 atom stereocenters. The molecule has 0 radical (unpaired) electrons. The van der Waals surface area contributed by atoms with Crippen LogP contribution in [0.25, 0.3) is 0 Å². The predicted octanol–water partition coefficient (Wildman–Crippen LogP) is 3.13. The maximum Gasteiger partial charge on any atom is 0.254 e. The minimum absolute atomic E-state index is 0.0386. The molecule has 0 bridgehead atoms. The number of nitrogens with one attached hydrogen (secondary N) is 1.